The quantitative estimate of drug-likeness (QED) is 0.721. The van der Waals surface area contributed by atoms with Gasteiger partial charge in [0.2, 0.25) is 0 Å². The van der Waals surface area contributed by atoms with E-state index in [0.717, 1.165) is 5.69 Å². The maximum atomic E-state index is 10.9. The molecule has 0 fully saturated rings. The van der Waals surface area contributed by atoms with E-state index in [-0.39, 0.29) is 5.78 Å². The smallest absolute Gasteiger partial charge is 0.155 e. The van der Waals surface area contributed by atoms with Crippen LogP contribution in [0.25, 0.3) is 0 Å². The summed E-state index contributed by atoms with van der Waals surface area (Å²) in [6, 6.07) is 9.92. The predicted octanol–water partition coefficient (Wildman–Crippen LogP) is 2.63. The monoisotopic (exact) mass is 189 g/mol. The van der Waals surface area contributed by atoms with Crippen LogP contribution in [0, 0.1) is 0 Å². The average Bonchev–Trinajstić information content (AvgIpc) is 2.25. The standard InChI is InChI=1S/C12H15NO/c1-2-12(14)9-6-10-13-11-7-4-3-5-8-11/h3-9,13H,2,10H2,1H3/b9-6-. The first kappa shape index (κ1) is 10.5. The van der Waals surface area contributed by atoms with Gasteiger partial charge in [-0.1, -0.05) is 31.2 Å². The van der Waals surface area contributed by atoms with E-state index in [9.17, 15) is 4.79 Å². The van der Waals surface area contributed by atoms with Crippen molar-refractivity contribution in [2.24, 2.45) is 0 Å². The number of carbonyl (C=O) groups excluding carboxylic acids is 1. The minimum Gasteiger partial charge on any atom is -0.382 e. The number of allylic oxidation sites excluding steroid dienone is 1. The fourth-order valence-electron chi connectivity index (χ4n) is 1.04. The molecule has 0 aliphatic rings. The Labute approximate surface area is 84.6 Å². The van der Waals surface area contributed by atoms with Crippen molar-refractivity contribution in [3.05, 3.63) is 42.5 Å². The fourth-order valence-corrected chi connectivity index (χ4v) is 1.04. The van der Waals surface area contributed by atoms with Gasteiger partial charge < -0.3 is 5.32 Å². The highest BCUT2D eigenvalue weighted by Gasteiger charge is 1.88. The van der Waals surface area contributed by atoms with Crippen molar-refractivity contribution >= 4 is 11.5 Å². The maximum Gasteiger partial charge on any atom is 0.155 e. The molecule has 0 aliphatic carbocycles. The summed E-state index contributed by atoms with van der Waals surface area (Å²) in [4.78, 5) is 10.9. The van der Waals surface area contributed by atoms with E-state index >= 15 is 0 Å². The lowest BCUT2D eigenvalue weighted by Crippen LogP contribution is -1.98. The number of rotatable bonds is 5. The molecule has 2 heteroatoms. The van der Waals surface area contributed by atoms with Crippen LogP contribution >= 0.6 is 0 Å². The Hall–Kier alpha value is -1.57. The van der Waals surface area contributed by atoms with E-state index in [0.29, 0.717) is 13.0 Å². The molecule has 0 aliphatic heterocycles. The molecule has 1 N–H and O–H groups in total. The highest BCUT2D eigenvalue weighted by molar-refractivity contribution is 5.89. The lowest BCUT2D eigenvalue weighted by Gasteiger charge is -2.00. The summed E-state index contributed by atoms with van der Waals surface area (Å²) in [5.41, 5.74) is 1.07. The summed E-state index contributed by atoms with van der Waals surface area (Å²) >= 11 is 0. The van der Waals surface area contributed by atoms with Gasteiger partial charge in [-0.15, -0.1) is 0 Å². The Balaban J connectivity index is 2.29. The SMILES string of the molecule is CCC(=O)/C=C\CNc1ccccc1. The van der Waals surface area contributed by atoms with E-state index in [1.807, 2.05) is 43.3 Å². The second-order valence-corrected chi connectivity index (χ2v) is 2.97. The molecule has 0 aromatic heterocycles. The highest BCUT2D eigenvalue weighted by Crippen LogP contribution is 2.03. The third-order valence-corrected chi connectivity index (χ3v) is 1.85. The topological polar surface area (TPSA) is 29.1 Å². The molecular weight excluding hydrogens is 174 g/mol. The summed E-state index contributed by atoms with van der Waals surface area (Å²) < 4.78 is 0. The number of ketones is 1. The largest absolute Gasteiger partial charge is 0.382 e. The van der Waals surface area contributed by atoms with E-state index in [4.69, 9.17) is 0 Å². The van der Waals surface area contributed by atoms with Crippen LogP contribution in [0.1, 0.15) is 13.3 Å². The van der Waals surface area contributed by atoms with Crippen LogP contribution in [0.5, 0.6) is 0 Å². The summed E-state index contributed by atoms with van der Waals surface area (Å²) in [6.07, 6.45) is 4.04. The average molecular weight is 189 g/mol. The summed E-state index contributed by atoms with van der Waals surface area (Å²) in [7, 11) is 0. The molecule has 0 atom stereocenters. The number of benzene rings is 1. The lowest BCUT2D eigenvalue weighted by molar-refractivity contribution is -0.114. The Bertz CT molecular complexity index is 303. The Morgan fingerprint density at radius 1 is 1.36 bits per heavy atom. The van der Waals surface area contributed by atoms with Crippen LogP contribution in [0.2, 0.25) is 0 Å². The van der Waals surface area contributed by atoms with E-state index < -0.39 is 0 Å². The van der Waals surface area contributed by atoms with Crippen LogP contribution < -0.4 is 5.32 Å². The highest BCUT2D eigenvalue weighted by atomic mass is 16.1. The number of hydrogen-bond acceptors (Lipinski definition) is 2. The molecule has 1 aromatic rings. The number of hydrogen-bond donors (Lipinski definition) is 1. The third kappa shape index (κ3) is 3.90. The molecule has 0 saturated heterocycles. The molecule has 0 spiro atoms. The minimum atomic E-state index is 0.167. The molecule has 0 radical (unpaired) electrons. The molecule has 14 heavy (non-hydrogen) atoms. The number of para-hydroxylation sites is 1. The Kier molecular flexibility index (Phi) is 4.48. The van der Waals surface area contributed by atoms with Gasteiger partial charge in [-0.25, -0.2) is 0 Å². The molecule has 74 valence electrons. The molecule has 0 saturated carbocycles. The van der Waals surface area contributed by atoms with Crippen molar-refractivity contribution in [1.29, 1.82) is 0 Å². The van der Waals surface area contributed by atoms with Gasteiger partial charge in [0.05, 0.1) is 0 Å². The Morgan fingerprint density at radius 2 is 2.07 bits per heavy atom. The lowest BCUT2D eigenvalue weighted by atomic mass is 10.3. The molecule has 0 amide bonds. The zero-order valence-electron chi connectivity index (χ0n) is 8.36. The van der Waals surface area contributed by atoms with Gasteiger partial charge in [0.15, 0.2) is 5.78 Å². The zero-order valence-corrected chi connectivity index (χ0v) is 8.36. The van der Waals surface area contributed by atoms with Gasteiger partial charge in [-0.05, 0) is 18.2 Å². The van der Waals surface area contributed by atoms with Crippen LogP contribution in [-0.4, -0.2) is 12.3 Å². The van der Waals surface area contributed by atoms with Gasteiger partial charge in [0, 0.05) is 18.7 Å². The molecule has 0 unspecified atom stereocenters. The summed E-state index contributed by atoms with van der Waals surface area (Å²) in [6.45, 7) is 2.55. The molecule has 1 aromatic carbocycles. The molecule has 2 nitrogen and oxygen atoms in total. The van der Waals surface area contributed by atoms with Gasteiger partial charge >= 0.3 is 0 Å². The second-order valence-electron chi connectivity index (χ2n) is 2.97. The van der Waals surface area contributed by atoms with Crippen molar-refractivity contribution < 1.29 is 4.79 Å². The van der Waals surface area contributed by atoms with Crippen LogP contribution in [0.4, 0.5) is 5.69 Å². The van der Waals surface area contributed by atoms with Gasteiger partial charge in [0.25, 0.3) is 0 Å². The molecular formula is C12H15NO. The van der Waals surface area contributed by atoms with Crippen molar-refractivity contribution in [2.75, 3.05) is 11.9 Å². The number of nitrogens with one attached hydrogen (secondary N) is 1. The maximum absolute atomic E-state index is 10.9. The molecule has 1 rings (SSSR count). The third-order valence-electron chi connectivity index (χ3n) is 1.85. The van der Waals surface area contributed by atoms with E-state index in [1.54, 1.807) is 6.08 Å². The van der Waals surface area contributed by atoms with Gasteiger partial charge in [-0.2, -0.15) is 0 Å². The predicted molar refractivity (Wildman–Crippen MR) is 59.4 cm³/mol. The van der Waals surface area contributed by atoms with Crippen LogP contribution in [0.15, 0.2) is 42.5 Å². The van der Waals surface area contributed by atoms with Crippen LogP contribution in [-0.2, 0) is 4.79 Å². The molecule has 0 heterocycles. The minimum absolute atomic E-state index is 0.167. The first-order valence-electron chi connectivity index (χ1n) is 4.81. The normalized spacial score (nSPS) is 10.4. The summed E-state index contributed by atoms with van der Waals surface area (Å²) in [5.74, 6) is 0.167. The first-order chi connectivity index (χ1) is 6.83. The van der Waals surface area contributed by atoms with Gasteiger partial charge in [0.1, 0.15) is 0 Å². The van der Waals surface area contributed by atoms with Crippen molar-refractivity contribution in [3.8, 4) is 0 Å². The summed E-state index contributed by atoms with van der Waals surface area (Å²) in [5, 5.41) is 3.19. The molecule has 0 bridgehead atoms. The zero-order chi connectivity index (χ0) is 10.2. The van der Waals surface area contributed by atoms with Crippen molar-refractivity contribution in [2.45, 2.75) is 13.3 Å². The van der Waals surface area contributed by atoms with Gasteiger partial charge in [-0.3, -0.25) is 4.79 Å². The van der Waals surface area contributed by atoms with Crippen molar-refractivity contribution in [3.63, 3.8) is 0 Å². The van der Waals surface area contributed by atoms with E-state index in [2.05, 4.69) is 5.32 Å². The van der Waals surface area contributed by atoms with Crippen LogP contribution in [0.3, 0.4) is 0 Å². The Morgan fingerprint density at radius 3 is 2.71 bits per heavy atom. The number of anilines is 1. The number of carbonyl (C=O) groups is 1. The van der Waals surface area contributed by atoms with Crippen molar-refractivity contribution in [1.82, 2.24) is 0 Å². The fraction of sp³-hybridized carbons (Fsp3) is 0.250. The second kappa shape index (κ2) is 5.97. The van der Waals surface area contributed by atoms with E-state index in [1.165, 1.54) is 0 Å². The first-order valence-corrected chi connectivity index (χ1v) is 4.81.